The largest absolute Gasteiger partial charge is 0.457 e. The lowest BCUT2D eigenvalue weighted by atomic mass is 9.90. The van der Waals surface area contributed by atoms with Gasteiger partial charge in [0.25, 0.3) is 0 Å². The first-order valence-corrected chi connectivity index (χ1v) is 7.96. The molecule has 104 valence electrons. The predicted molar refractivity (Wildman–Crippen MR) is 79.8 cm³/mol. The van der Waals surface area contributed by atoms with Gasteiger partial charge in [0.15, 0.2) is 0 Å². The molecule has 1 aliphatic rings. The van der Waals surface area contributed by atoms with Gasteiger partial charge in [0.05, 0.1) is 5.92 Å². The molecule has 1 saturated heterocycles. The van der Waals surface area contributed by atoms with Crippen molar-refractivity contribution >= 4 is 21.9 Å². The second-order valence-corrected chi connectivity index (χ2v) is 6.16. The third kappa shape index (κ3) is 4.07. The van der Waals surface area contributed by atoms with Crippen molar-refractivity contribution in [2.45, 2.75) is 51.6 Å². The van der Waals surface area contributed by atoms with Crippen LogP contribution in [0, 0.1) is 5.92 Å². The Morgan fingerprint density at radius 1 is 1.21 bits per heavy atom. The van der Waals surface area contributed by atoms with Gasteiger partial charge in [-0.05, 0) is 37.0 Å². The van der Waals surface area contributed by atoms with Crippen LogP contribution in [0.2, 0.25) is 0 Å². The molecule has 2 rings (SSSR count). The number of esters is 1. The number of cyclic esters (lactones) is 1. The highest BCUT2D eigenvalue weighted by molar-refractivity contribution is 9.10. The van der Waals surface area contributed by atoms with Crippen LogP contribution in [0.4, 0.5) is 0 Å². The van der Waals surface area contributed by atoms with E-state index in [0.717, 1.165) is 35.7 Å². The van der Waals surface area contributed by atoms with Crippen LogP contribution in [0.15, 0.2) is 28.7 Å². The number of carbonyl (C=O) groups is 1. The number of carbonyl (C=O) groups excluding carboxylic acids is 1. The number of hydrogen-bond acceptors (Lipinski definition) is 2. The minimum absolute atomic E-state index is 0.00438. The van der Waals surface area contributed by atoms with Gasteiger partial charge in [-0.25, -0.2) is 0 Å². The molecule has 1 aromatic rings. The number of halogens is 1. The van der Waals surface area contributed by atoms with E-state index < -0.39 is 0 Å². The SMILES string of the molecule is CCCCCC1CCC(c2ccc(Br)cc2)OC1=O. The first-order chi connectivity index (χ1) is 9.20. The van der Waals surface area contributed by atoms with E-state index in [-0.39, 0.29) is 18.0 Å². The molecule has 0 spiro atoms. The molecule has 0 radical (unpaired) electrons. The van der Waals surface area contributed by atoms with Crippen molar-refractivity contribution in [2.75, 3.05) is 0 Å². The van der Waals surface area contributed by atoms with Gasteiger partial charge in [0.2, 0.25) is 0 Å². The molecular weight excluding hydrogens is 304 g/mol. The molecule has 2 nitrogen and oxygen atoms in total. The van der Waals surface area contributed by atoms with E-state index >= 15 is 0 Å². The normalized spacial score (nSPS) is 23.2. The summed E-state index contributed by atoms with van der Waals surface area (Å²) in [7, 11) is 0. The van der Waals surface area contributed by atoms with Crippen molar-refractivity contribution in [1.29, 1.82) is 0 Å². The van der Waals surface area contributed by atoms with Gasteiger partial charge < -0.3 is 4.74 Å². The fourth-order valence-electron chi connectivity index (χ4n) is 2.58. The van der Waals surface area contributed by atoms with E-state index in [1.165, 1.54) is 12.8 Å². The summed E-state index contributed by atoms with van der Waals surface area (Å²) < 4.78 is 6.65. The predicted octanol–water partition coefficient (Wildman–Crippen LogP) is 5.02. The molecule has 2 atom stereocenters. The van der Waals surface area contributed by atoms with Gasteiger partial charge in [0, 0.05) is 4.47 Å². The highest BCUT2D eigenvalue weighted by atomic mass is 79.9. The average Bonchev–Trinajstić information content (AvgIpc) is 2.42. The minimum atomic E-state index is -0.0528. The summed E-state index contributed by atoms with van der Waals surface area (Å²) in [6.07, 6.45) is 6.39. The summed E-state index contributed by atoms with van der Waals surface area (Å²) in [5.74, 6) is 0.119. The molecule has 0 saturated carbocycles. The van der Waals surface area contributed by atoms with Crippen molar-refractivity contribution < 1.29 is 9.53 Å². The zero-order chi connectivity index (χ0) is 13.7. The summed E-state index contributed by atoms with van der Waals surface area (Å²) in [5.41, 5.74) is 1.10. The maximum Gasteiger partial charge on any atom is 0.309 e. The monoisotopic (exact) mass is 324 g/mol. The first-order valence-electron chi connectivity index (χ1n) is 7.16. The second-order valence-electron chi connectivity index (χ2n) is 5.25. The lowest BCUT2D eigenvalue weighted by Crippen LogP contribution is -2.26. The molecule has 1 aliphatic heterocycles. The molecule has 1 aromatic carbocycles. The van der Waals surface area contributed by atoms with Crippen LogP contribution in [0.1, 0.15) is 57.1 Å². The summed E-state index contributed by atoms with van der Waals surface area (Å²) in [6, 6.07) is 8.05. The maximum atomic E-state index is 12.0. The van der Waals surface area contributed by atoms with Gasteiger partial charge in [-0.2, -0.15) is 0 Å². The molecule has 2 unspecified atom stereocenters. The standard InChI is InChI=1S/C16H21BrO2/c1-2-3-4-5-13-8-11-15(19-16(13)18)12-6-9-14(17)10-7-12/h6-7,9-10,13,15H,2-5,8,11H2,1H3. The molecule has 0 N–H and O–H groups in total. The molecule has 0 bridgehead atoms. The van der Waals surface area contributed by atoms with Crippen molar-refractivity contribution in [3.63, 3.8) is 0 Å². The Kier molecular flexibility index (Phi) is 5.44. The lowest BCUT2D eigenvalue weighted by molar-refractivity contribution is -0.161. The van der Waals surface area contributed by atoms with Crippen LogP contribution in [-0.2, 0) is 9.53 Å². The maximum absolute atomic E-state index is 12.0. The smallest absolute Gasteiger partial charge is 0.309 e. The molecule has 19 heavy (non-hydrogen) atoms. The fraction of sp³-hybridized carbons (Fsp3) is 0.562. The molecular formula is C16H21BrO2. The highest BCUT2D eigenvalue weighted by Gasteiger charge is 2.30. The van der Waals surface area contributed by atoms with E-state index in [2.05, 4.69) is 22.9 Å². The Labute approximate surface area is 123 Å². The van der Waals surface area contributed by atoms with Crippen molar-refractivity contribution in [3.05, 3.63) is 34.3 Å². The van der Waals surface area contributed by atoms with Crippen molar-refractivity contribution in [1.82, 2.24) is 0 Å². The molecule has 1 fully saturated rings. The van der Waals surface area contributed by atoms with E-state index in [0.29, 0.717) is 0 Å². The highest BCUT2D eigenvalue weighted by Crippen LogP contribution is 2.33. The zero-order valence-corrected chi connectivity index (χ0v) is 13.0. The Morgan fingerprint density at radius 2 is 1.95 bits per heavy atom. The number of benzene rings is 1. The van der Waals surface area contributed by atoms with Crippen LogP contribution in [-0.4, -0.2) is 5.97 Å². The molecule has 0 aromatic heterocycles. The Morgan fingerprint density at radius 3 is 2.58 bits per heavy atom. The minimum Gasteiger partial charge on any atom is -0.457 e. The Hall–Kier alpha value is -0.830. The van der Waals surface area contributed by atoms with Crippen LogP contribution in [0.3, 0.4) is 0 Å². The van der Waals surface area contributed by atoms with Crippen molar-refractivity contribution in [2.24, 2.45) is 5.92 Å². The van der Waals surface area contributed by atoms with E-state index in [1.54, 1.807) is 0 Å². The fourth-order valence-corrected chi connectivity index (χ4v) is 2.85. The lowest BCUT2D eigenvalue weighted by Gasteiger charge is -2.28. The van der Waals surface area contributed by atoms with E-state index in [1.807, 2.05) is 24.3 Å². The number of ether oxygens (including phenoxy) is 1. The number of rotatable bonds is 5. The first kappa shape index (κ1) is 14.6. The Bertz CT molecular complexity index is 413. The molecule has 0 aliphatic carbocycles. The van der Waals surface area contributed by atoms with Crippen LogP contribution in [0.25, 0.3) is 0 Å². The van der Waals surface area contributed by atoms with Gasteiger partial charge in [0.1, 0.15) is 6.10 Å². The van der Waals surface area contributed by atoms with Crippen LogP contribution in [0.5, 0.6) is 0 Å². The topological polar surface area (TPSA) is 26.3 Å². The summed E-state index contributed by atoms with van der Waals surface area (Å²) >= 11 is 3.42. The summed E-state index contributed by atoms with van der Waals surface area (Å²) in [5, 5.41) is 0. The average molecular weight is 325 g/mol. The summed E-state index contributed by atoms with van der Waals surface area (Å²) in [4.78, 5) is 12.0. The quantitative estimate of drug-likeness (QED) is 0.561. The zero-order valence-electron chi connectivity index (χ0n) is 11.4. The van der Waals surface area contributed by atoms with Gasteiger partial charge in [-0.15, -0.1) is 0 Å². The number of hydrogen-bond donors (Lipinski definition) is 0. The van der Waals surface area contributed by atoms with Gasteiger partial charge >= 0.3 is 5.97 Å². The van der Waals surface area contributed by atoms with E-state index in [4.69, 9.17) is 4.74 Å². The number of unbranched alkanes of at least 4 members (excludes halogenated alkanes) is 2. The molecule has 3 heteroatoms. The van der Waals surface area contributed by atoms with Crippen LogP contribution >= 0.6 is 15.9 Å². The Balaban J connectivity index is 1.89. The van der Waals surface area contributed by atoms with Gasteiger partial charge in [-0.3, -0.25) is 4.79 Å². The van der Waals surface area contributed by atoms with Crippen LogP contribution < -0.4 is 0 Å². The van der Waals surface area contributed by atoms with Gasteiger partial charge in [-0.1, -0.05) is 54.2 Å². The third-order valence-corrected chi connectivity index (χ3v) is 4.30. The van der Waals surface area contributed by atoms with Crippen molar-refractivity contribution in [3.8, 4) is 0 Å². The molecule has 0 amide bonds. The summed E-state index contributed by atoms with van der Waals surface area (Å²) in [6.45, 7) is 2.18. The molecule has 1 heterocycles. The van der Waals surface area contributed by atoms with E-state index in [9.17, 15) is 4.79 Å². The third-order valence-electron chi connectivity index (χ3n) is 3.77. The second kappa shape index (κ2) is 7.09.